The van der Waals surface area contributed by atoms with Gasteiger partial charge in [-0.15, -0.1) is 0 Å². The van der Waals surface area contributed by atoms with Crippen LogP contribution in [0.2, 0.25) is 5.04 Å². The Morgan fingerprint density at radius 1 is 0.854 bits per heavy atom. The number of benzene rings is 3. The summed E-state index contributed by atoms with van der Waals surface area (Å²) in [5.41, 5.74) is 0.311. The van der Waals surface area contributed by atoms with Crippen molar-refractivity contribution in [1.82, 2.24) is 5.32 Å². The van der Waals surface area contributed by atoms with Crippen LogP contribution in [0.5, 0.6) is 0 Å². The summed E-state index contributed by atoms with van der Waals surface area (Å²) in [6, 6.07) is 30.0. The second-order valence-corrected chi connectivity index (χ2v) is 16.4. The van der Waals surface area contributed by atoms with Gasteiger partial charge < -0.3 is 24.3 Å². The van der Waals surface area contributed by atoms with E-state index in [0.717, 1.165) is 5.56 Å². The minimum atomic E-state index is -2.72. The molecule has 0 bridgehead atoms. The van der Waals surface area contributed by atoms with Gasteiger partial charge >= 0.3 is 6.09 Å². The maximum atomic E-state index is 12.7. The molecule has 0 aromatic heterocycles. The van der Waals surface area contributed by atoms with Gasteiger partial charge in [-0.05, 0) is 41.7 Å². The van der Waals surface area contributed by atoms with Crippen molar-refractivity contribution in [3.05, 3.63) is 109 Å². The normalized spacial score (nSPS) is 14.0. The molecule has 0 aliphatic rings. The molecule has 2 N–H and O–H groups in total. The van der Waals surface area contributed by atoms with E-state index >= 15 is 0 Å². The number of hydrogen-bond acceptors (Lipinski definition) is 5. The van der Waals surface area contributed by atoms with E-state index in [1.165, 1.54) is 10.4 Å². The van der Waals surface area contributed by atoms with Crippen LogP contribution in [-0.4, -0.2) is 50.5 Å². The van der Waals surface area contributed by atoms with Gasteiger partial charge in [-0.25, -0.2) is 4.79 Å². The molecule has 2 atom stereocenters. The van der Waals surface area contributed by atoms with Gasteiger partial charge in [0.25, 0.3) is 8.32 Å². The zero-order chi connectivity index (χ0) is 29.9. The summed E-state index contributed by atoms with van der Waals surface area (Å²) >= 11 is 0. The fraction of sp³-hybridized carbons (Fsp3) is 0.382. The first kappa shape index (κ1) is 32.3. The van der Waals surface area contributed by atoms with Crippen molar-refractivity contribution in [2.75, 3.05) is 13.2 Å². The molecule has 0 aliphatic heterocycles. The third-order valence-corrected chi connectivity index (χ3v) is 11.7. The molecule has 41 heavy (non-hydrogen) atoms. The first-order valence-corrected chi connectivity index (χ1v) is 16.0. The molecule has 0 saturated carbocycles. The van der Waals surface area contributed by atoms with Crippen LogP contribution in [0, 0.1) is 0 Å². The second-order valence-electron chi connectivity index (χ2n) is 12.1. The highest BCUT2D eigenvalue weighted by Gasteiger charge is 2.49. The second kappa shape index (κ2) is 14.6. The Kier molecular flexibility index (Phi) is 11.5. The van der Waals surface area contributed by atoms with Crippen LogP contribution in [0.4, 0.5) is 4.79 Å². The molecular weight excluding hydrogens is 530 g/mol. The van der Waals surface area contributed by atoms with Gasteiger partial charge in [0, 0.05) is 0 Å². The number of carbonyl (C=O) groups excluding carboxylic acids is 1. The molecular formula is C34H45NO5Si. The van der Waals surface area contributed by atoms with Crippen molar-refractivity contribution < 1.29 is 23.8 Å². The minimum absolute atomic E-state index is 0.163. The Hall–Kier alpha value is -3.23. The molecule has 7 heteroatoms. The largest absolute Gasteiger partial charge is 0.444 e. The molecule has 0 unspecified atom stereocenters. The van der Waals surface area contributed by atoms with Gasteiger partial charge in [0.05, 0.1) is 25.9 Å². The lowest BCUT2D eigenvalue weighted by atomic mass is 10.1. The van der Waals surface area contributed by atoms with E-state index in [9.17, 15) is 9.90 Å². The van der Waals surface area contributed by atoms with Crippen molar-refractivity contribution in [1.29, 1.82) is 0 Å². The number of carbonyl (C=O) groups is 1. The van der Waals surface area contributed by atoms with Crippen LogP contribution in [0.15, 0.2) is 103 Å². The smallest absolute Gasteiger partial charge is 0.408 e. The average Bonchev–Trinajstić information content (AvgIpc) is 2.93. The van der Waals surface area contributed by atoms with E-state index in [4.69, 9.17) is 13.9 Å². The SMILES string of the molecule is CC(C)(C)OC(=O)N[C@@H](/C=C/CO[Si](c1ccccc1)(c1ccccc1)C(C)(C)C)[C@H](CO)OCc1ccccc1. The monoisotopic (exact) mass is 575 g/mol. The van der Waals surface area contributed by atoms with Crippen molar-refractivity contribution >= 4 is 24.8 Å². The summed E-state index contributed by atoms with van der Waals surface area (Å²) in [6.07, 6.45) is 2.46. The molecule has 0 spiro atoms. The zero-order valence-corrected chi connectivity index (χ0v) is 26.2. The van der Waals surface area contributed by atoms with Gasteiger partial charge in [0.15, 0.2) is 0 Å². The number of ether oxygens (including phenoxy) is 2. The lowest BCUT2D eigenvalue weighted by Crippen LogP contribution is -2.66. The summed E-state index contributed by atoms with van der Waals surface area (Å²) in [5.74, 6) is 0. The third-order valence-electron chi connectivity index (χ3n) is 6.73. The van der Waals surface area contributed by atoms with E-state index < -0.39 is 32.2 Å². The van der Waals surface area contributed by atoms with E-state index in [1.54, 1.807) is 0 Å². The van der Waals surface area contributed by atoms with E-state index in [1.807, 2.05) is 75.4 Å². The molecule has 1 amide bonds. The third kappa shape index (κ3) is 9.13. The summed E-state index contributed by atoms with van der Waals surface area (Å²) in [5, 5.41) is 15.3. The summed E-state index contributed by atoms with van der Waals surface area (Å²) in [6.45, 7) is 12.5. The highest BCUT2D eigenvalue weighted by atomic mass is 28.4. The molecule has 3 aromatic carbocycles. The highest BCUT2D eigenvalue weighted by Crippen LogP contribution is 2.36. The summed E-state index contributed by atoms with van der Waals surface area (Å²) in [7, 11) is -2.72. The Morgan fingerprint density at radius 2 is 1.37 bits per heavy atom. The molecule has 0 heterocycles. The van der Waals surface area contributed by atoms with Gasteiger partial charge in [0.2, 0.25) is 0 Å². The first-order valence-electron chi connectivity index (χ1n) is 14.1. The zero-order valence-electron chi connectivity index (χ0n) is 25.2. The van der Waals surface area contributed by atoms with Crippen molar-refractivity contribution in [3.63, 3.8) is 0 Å². The lowest BCUT2D eigenvalue weighted by Gasteiger charge is -2.42. The van der Waals surface area contributed by atoms with Crippen molar-refractivity contribution in [2.45, 2.75) is 70.9 Å². The fourth-order valence-corrected chi connectivity index (χ4v) is 9.39. The fourth-order valence-electron chi connectivity index (χ4n) is 4.89. The number of rotatable bonds is 12. The van der Waals surface area contributed by atoms with E-state index in [2.05, 4.69) is 74.6 Å². The average molecular weight is 576 g/mol. The first-order chi connectivity index (χ1) is 19.5. The maximum absolute atomic E-state index is 12.7. The van der Waals surface area contributed by atoms with Crippen LogP contribution < -0.4 is 15.7 Å². The topological polar surface area (TPSA) is 77.0 Å². The Labute approximate surface area is 246 Å². The number of alkyl carbamates (subject to hydrolysis) is 1. The van der Waals surface area contributed by atoms with Crippen LogP contribution in [-0.2, 0) is 20.5 Å². The van der Waals surface area contributed by atoms with Gasteiger partial charge in [-0.1, -0.05) is 124 Å². The van der Waals surface area contributed by atoms with Crippen LogP contribution in [0.25, 0.3) is 0 Å². The summed E-state index contributed by atoms with van der Waals surface area (Å²) in [4.78, 5) is 12.7. The highest BCUT2D eigenvalue weighted by molar-refractivity contribution is 6.99. The van der Waals surface area contributed by atoms with E-state index in [-0.39, 0.29) is 11.6 Å². The standard InChI is InChI=1S/C34H45NO5Si/c1-33(2,3)40-32(37)35-30(31(25-36)38-26-27-17-10-7-11-18-27)23-16-24-39-41(34(4,5)6,28-19-12-8-13-20-28)29-21-14-9-15-22-29/h7-23,30-31,36H,24-26H2,1-6H3,(H,35,37)/b23-16+/t30-,31-/m0/s1. The quantitative estimate of drug-likeness (QED) is 0.218. The molecule has 0 saturated heterocycles. The van der Waals surface area contributed by atoms with Crippen molar-refractivity contribution in [3.8, 4) is 0 Å². The number of aliphatic hydroxyl groups excluding tert-OH is 1. The Morgan fingerprint density at radius 3 is 1.83 bits per heavy atom. The van der Waals surface area contributed by atoms with Gasteiger partial charge in [-0.3, -0.25) is 0 Å². The molecule has 3 rings (SSSR count). The van der Waals surface area contributed by atoms with Gasteiger partial charge in [-0.2, -0.15) is 0 Å². The molecule has 3 aromatic rings. The predicted molar refractivity (Wildman–Crippen MR) is 168 cm³/mol. The minimum Gasteiger partial charge on any atom is -0.444 e. The summed E-state index contributed by atoms with van der Waals surface area (Å²) < 4.78 is 18.5. The molecule has 0 radical (unpaired) electrons. The molecule has 0 aliphatic carbocycles. The van der Waals surface area contributed by atoms with Crippen LogP contribution >= 0.6 is 0 Å². The Bertz CT molecular complexity index is 1180. The van der Waals surface area contributed by atoms with E-state index in [0.29, 0.717) is 13.2 Å². The number of amides is 1. The Balaban J connectivity index is 1.87. The maximum Gasteiger partial charge on any atom is 0.408 e. The number of nitrogens with one attached hydrogen (secondary N) is 1. The molecule has 0 fully saturated rings. The molecule has 6 nitrogen and oxygen atoms in total. The predicted octanol–water partition coefficient (Wildman–Crippen LogP) is 5.59. The molecule has 220 valence electrons. The van der Waals surface area contributed by atoms with Crippen LogP contribution in [0.1, 0.15) is 47.1 Å². The van der Waals surface area contributed by atoms with Gasteiger partial charge in [0.1, 0.15) is 11.7 Å². The number of hydrogen-bond donors (Lipinski definition) is 2. The van der Waals surface area contributed by atoms with Crippen molar-refractivity contribution in [2.24, 2.45) is 0 Å². The number of aliphatic hydroxyl groups is 1. The lowest BCUT2D eigenvalue weighted by molar-refractivity contribution is -0.0143. The van der Waals surface area contributed by atoms with Crippen LogP contribution in [0.3, 0.4) is 0 Å².